The minimum atomic E-state index is -0.341. The Bertz CT molecular complexity index is 1560. The Morgan fingerprint density at radius 3 is 2.43 bits per heavy atom. The van der Waals surface area contributed by atoms with Crippen LogP contribution in [0.2, 0.25) is 0 Å². The first-order valence-corrected chi connectivity index (χ1v) is 16.7. The van der Waals surface area contributed by atoms with E-state index < -0.39 is 0 Å². The van der Waals surface area contributed by atoms with Crippen LogP contribution in [0.4, 0.5) is 0 Å². The van der Waals surface area contributed by atoms with Gasteiger partial charge in [0, 0.05) is 42.3 Å². The minimum absolute atomic E-state index is 0.132. The van der Waals surface area contributed by atoms with Gasteiger partial charge in [-0.15, -0.1) is 11.3 Å². The van der Waals surface area contributed by atoms with Crippen LogP contribution in [0.25, 0.3) is 0 Å². The summed E-state index contributed by atoms with van der Waals surface area (Å²) in [5.74, 6) is 0.611. The van der Waals surface area contributed by atoms with Crippen molar-refractivity contribution in [1.82, 2.24) is 20.5 Å². The fourth-order valence-electron chi connectivity index (χ4n) is 5.44. The van der Waals surface area contributed by atoms with Crippen molar-refractivity contribution in [3.8, 4) is 5.75 Å². The molecule has 2 amide bonds. The Morgan fingerprint density at radius 2 is 1.78 bits per heavy atom. The van der Waals surface area contributed by atoms with Crippen LogP contribution in [0.15, 0.2) is 78.2 Å². The second kappa shape index (κ2) is 17.6. The Balaban J connectivity index is 0.000000606. The number of benzene rings is 3. The van der Waals surface area contributed by atoms with Crippen LogP contribution in [0.3, 0.4) is 0 Å². The standard InChI is InChI=1S/C30H38N4O4S.C7H8/c1-20-19-39-28(33-20)18-34(2)30(37)25-14-23(22-8-9-26(35)16-22)13-24(15-25)29(36)32-11-5-10-31-17-21-6-4-7-27(12-21)38-3;1-7-5-3-2-4-6-7/h4,6-7,12-15,19,22,26,31,35H,5,8-11,16-18H2,1-3H3,(H,32,36);2-6H,1H3. The highest BCUT2D eigenvalue weighted by atomic mass is 32.1. The number of rotatable bonds is 12. The van der Waals surface area contributed by atoms with Gasteiger partial charge in [-0.2, -0.15) is 0 Å². The maximum Gasteiger partial charge on any atom is 0.254 e. The maximum absolute atomic E-state index is 13.4. The summed E-state index contributed by atoms with van der Waals surface area (Å²) in [5.41, 5.74) is 5.28. The number of carbonyl (C=O) groups excluding carboxylic acids is 2. The lowest BCUT2D eigenvalue weighted by Gasteiger charge is -2.19. The molecule has 1 saturated carbocycles. The zero-order valence-electron chi connectivity index (χ0n) is 27.3. The number of carbonyl (C=O) groups is 2. The molecule has 1 heterocycles. The summed E-state index contributed by atoms with van der Waals surface area (Å²) in [6.07, 6.45) is 2.65. The maximum atomic E-state index is 13.4. The van der Waals surface area contributed by atoms with Crippen LogP contribution >= 0.6 is 11.3 Å². The van der Waals surface area contributed by atoms with Gasteiger partial charge >= 0.3 is 0 Å². The number of aliphatic hydroxyl groups excluding tert-OH is 1. The van der Waals surface area contributed by atoms with Crippen molar-refractivity contribution in [3.63, 3.8) is 0 Å². The molecular formula is C37H46N4O4S. The second-order valence-corrected chi connectivity index (χ2v) is 12.8. The highest BCUT2D eigenvalue weighted by molar-refractivity contribution is 7.09. The van der Waals surface area contributed by atoms with Crippen LogP contribution < -0.4 is 15.4 Å². The van der Waals surface area contributed by atoms with E-state index in [9.17, 15) is 14.7 Å². The molecule has 2 unspecified atom stereocenters. The van der Waals surface area contributed by atoms with E-state index in [0.717, 1.165) is 59.9 Å². The topological polar surface area (TPSA) is 104 Å². The lowest BCUT2D eigenvalue weighted by Crippen LogP contribution is -2.29. The SMILES string of the molecule is COc1cccc(CNCCCNC(=O)c2cc(C(=O)N(C)Cc3nc(C)cs3)cc(C3CCC(O)C3)c2)c1.Cc1ccccc1. The monoisotopic (exact) mass is 642 g/mol. The van der Waals surface area contributed by atoms with Crippen molar-refractivity contribution in [1.29, 1.82) is 0 Å². The number of nitrogens with one attached hydrogen (secondary N) is 2. The summed E-state index contributed by atoms with van der Waals surface area (Å²) in [4.78, 5) is 32.6. The number of thiazole rings is 1. The van der Waals surface area contributed by atoms with Gasteiger partial charge in [0.15, 0.2) is 0 Å². The van der Waals surface area contributed by atoms with Crippen LogP contribution in [-0.2, 0) is 13.1 Å². The summed E-state index contributed by atoms with van der Waals surface area (Å²) >= 11 is 1.53. The highest BCUT2D eigenvalue weighted by Gasteiger charge is 2.26. The number of ether oxygens (including phenoxy) is 1. The molecule has 0 bridgehead atoms. The summed E-state index contributed by atoms with van der Waals surface area (Å²) in [7, 11) is 3.41. The number of aryl methyl sites for hydroxylation is 2. The molecule has 9 heteroatoms. The van der Waals surface area contributed by atoms with E-state index in [1.807, 2.05) is 66.9 Å². The van der Waals surface area contributed by atoms with Gasteiger partial charge in [0.25, 0.3) is 11.8 Å². The second-order valence-electron chi connectivity index (χ2n) is 11.8. The molecule has 3 N–H and O–H groups in total. The van der Waals surface area contributed by atoms with Gasteiger partial charge in [0.1, 0.15) is 10.8 Å². The summed E-state index contributed by atoms with van der Waals surface area (Å²) in [6, 6.07) is 23.6. The average molecular weight is 643 g/mol. The van der Waals surface area contributed by atoms with E-state index in [1.54, 1.807) is 25.1 Å². The fourth-order valence-corrected chi connectivity index (χ4v) is 6.26. The van der Waals surface area contributed by atoms with Gasteiger partial charge < -0.3 is 25.4 Å². The van der Waals surface area contributed by atoms with Gasteiger partial charge in [0.2, 0.25) is 0 Å². The molecule has 0 spiro atoms. The molecule has 1 aliphatic rings. The highest BCUT2D eigenvalue weighted by Crippen LogP contribution is 2.35. The van der Waals surface area contributed by atoms with E-state index in [-0.39, 0.29) is 23.8 Å². The van der Waals surface area contributed by atoms with E-state index in [0.29, 0.717) is 30.6 Å². The first-order valence-electron chi connectivity index (χ1n) is 15.8. The van der Waals surface area contributed by atoms with Crippen molar-refractivity contribution in [2.45, 2.75) is 64.6 Å². The Morgan fingerprint density at radius 1 is 1.00 bits per heavy atom. The minimum Gasteiger partial charge on any atom is -0.497 e. The van der Waals surface area contributed by atoms with Gasteiger partial charge in [0.05, 0.1) is 19.8 Å². The van der Waals surface area contributed by atoms with Crippen molar-refractivity contribution in [2.75, 3.05) is 27.2 Å². The van der Waals surface area contributed by atoms with Crippen LogP contribution in [0.5, 0.6) is 5.75 Å². The predicted molar refractivity (Wildman–Crippen MR) is 185 cm³/mol. The third kappa shape index (κ3) is 10.8. The molecule has 5 rings (SSSR count). The first-order chi connectivity index (χ1) is 22.2. The Kier molecular flexibility index (Phi) is 13.3. The molecule has 8 nitrogen and oxygen atoms in total. The first kappa shape index (κ1) is 34.8. The molecule has 2 atom stereocenters. The van der Waals surface area contributed by atoms with E-state index >= 15 is 0 Å². The quantitative estimate of drug-likeness (QED) is 0.158. The molecule has 244 valence electrons. The molecule has 0 saturated heterocycles. The van der Waals surface area contributed by atoms with E-state index in [1.165, 1.54) is 16.9 Å². The molecule has 4 aromatic rings. The van der Waals surface area contributed by atoms with Gasteiger partial charge in [-0.1, -0.05) is 48.0 Å². The third-order valence-electron chi connectivity index (χ3n) is 7.95. The van der Waals surface area contributed by atoms with E-state index in [4.69, 9.17) is 4.74 Å². The third-order valence-corrected chi connectivity index (χ3v) is 8.90. The van der Waals surface area contributed by atoms with Crippen molar-refractivity contribution in [2.24, 2.45) is 0 Å². The molecule has 1 aliphatic carbocycles. The van der Waals surface area contributed by atoms with Crippen molar-refractivity contribution < 1.29 is 19.4 Å². The number of methoxy groups -OCH3 is 1. The molecular weight excluding hydrogens is 596 g/mol. The molecule has 1 aromatic heterocycles. The smallest absolute Gasteiger partial charge is 0.254 e. The Hall–Kier alpha value is -4.05. The van der Waals surface area contributed by atoms with Crippen LogP contribution in [0, 0.1) is 13.8 Å². The number of hydrogen-bond donors (Lipinski definition) is 3. The zero-order valence-corrected chi connectivity index (χ0v) is 28.1. The number of amides is 2. The normalized spacial score (nSPS) is 15.5. The molecule has 3 aromatic carbocycles. The molecule has 0 radical (unpaired) electrons. The lowest BCUT2D eigenvalue weighted by atomic mass is 9.93. The summed E-state index contributed by atoms with van der Waals surface area (Å²) < 4.78 is 5.26. The average Bonchev–Trinajstić information content (AvgIpc) is 3.69. The van der Waals surface area contributed by atoms with Gasteiger partial charge in [-0.05, 0) is 93.5 Å². The molecule has 0 aliphatic heterocycles. The molecule has 1 fully saturated rings. The fraction of sp³-hybridized carbons (Fsp3) is 0.378. The van der Waals surface area contributed by atoms with Crippen LogP contribution in [-0.4, -0.2) is 60.2 Å². The van der Waals surface area contributed by atoms with Gasteiger partial charge in [-0.3, -0.25) is 9.59 Å². The predicted octanol–water partition coefficient (Wildman–Crippen LogP) is 6.27. The summed E-state index contributed by atoms with van der Waals surface area (Å²) in [6.45, 7) is 6.42. The van der Waals surface area contributed by atoms with Crippen LogP contribution in [0.1, 0.15) is 79.7 Å². The zero-order chi connectivity index (χ0) is 32.9. The summed E-state index contributed by atoms with van der Waals surface area (Å²) in [5, 5.41) is 19.3. The molecule has 46 heavy (non-hydrogen) atoms. The number of hydrogen-bond acceptors (Lipinski definition) is 7. The van der Waals surface area contributed by atoms with Crippen molar-refractivity contribution in [3.05, 3.63) is 117 Å². The Labute approximate surface area is 276 Å². The number of nitrogens with zero attached hydrogens (tertiary/aromatic N) is 2. The largest absolute Gasteiger partial charge is 0.497 e. The van der Waals surface area contributed by atoms with Gasteiger partial charge in [-0.25, -0.2) is 4.98 Å². The number of aromatic nitrogens is 1. The van der Waals surface area contributed by atoms with E-state index in [2.05, 4.69) is 34.7 Å². The lowest BCUT2D eigenvalue weighted by molar-refractivity contribution is 0.0784. The number of aliphatic hydroxyl groups is 1. The van der Waals surface area contributed by atoms with Crippen molar-refractivity contribution >= 4 is 23.2 Å².